The highest BCUT2D eigenvalue weighted by molar-refractivity contribution is 5.85. The van der Waals surface area contributed by atoms with Crippen molar-refractivity contribution in [2.45, 2.75) is 52.1 Å². The van der Waals surface area contributed by atoms with Crippen LogP contribution in [0.15, 0.2) is 0 Å². The Labute approximate surface area is 149 Å². The van der Waals surface area contributed by atoms with E-state index in [-0.39, 0.29) is 12.4 Å². The van der Waals surface area contributed by atoms with E-state index in [1.54, 1.807) is 0 Å². The van der Waals surface area contributed by atoms with Crippen molar-refractivity contribution in [3.05, 3.63) is 0 Å². The zero-order valence-corrected chi connectivity index (χ0v) is 16.2. The van der Waals surface area contributed by atoms with E-state index < -0.39 is 0 Å². The minimum atomic E-state index is 0. The van der Waals surface area contributed by atoms with Crippen molar-refractivity contribution in [2.24, 2.45) is 5.41 Å². The molecule has 0 spiro atoms. The molecule has 23 heavy (non-hydrogen) atoms. The van der Waals surface area contributed by atoms with Crippen LogP contribution >= 0.6 is 12.4 Å². The third-order valence-corrected chi connectivity index (χ3v) is 6.22. The largest absolute Gasteiger partial charge is 0.316 e. The number of halogens is 1. The number of piperidine rings is 1. The molecule has 136 valence electrons. The Hall–Kier alpha value is 0.130. The Bertz CT molecular complexity index is 341. The fourth-order valence-corrected chi connectivity index (χ4v) is 4.60. The van der Waals surface area contributed by atoms with Gasteiger partial charge in [-0.25, -0.2) is 0 Å². The smallest absolute Gasteiger partial charge is 0.0121 e. The highest BCUT2D eigenvalue weighted by Crippen LogP contribution is 2.27. The number of rotatable bonds is 4. The molecule has 3 rings (SSSR count). The topological polar surface area (TPSA) is 21.8 Å². The summed E-state index contributed by atoms with van der Waals surface area (Å²) in [6, 6.07) is 1.57. The van der Waals surface area contributed by atoms with E-state index in [4.69, 9.17) is 0 Å². The Morgan fingerprint density at radius 2 is 1.70 bits per heavy atom. The molecule has 3 saturated heterocycles. The van der Waals surface area contributed by atoms with Crippen molar-refractivity contribution in [3.63, 3.8) is 0 Å². The van der Waals surface area contributed by atoms with E-state index in [2.05, 4.69) is 40.8 Å². The molecule has 5 heteroatoms. The normalized spacial score (nSPS) is 32.3. The lowest BCUT2D eigenvalue weighted by Crippen LogP contribution is -2.55. The molecule has 0 amide bonds. The van der Waals surface area contributed by atoms with Crippen LogP contribution in [-0.2, 0) is 0 Å². The number of nitrogens with one attached hydrogen (secondary N) is 1. The molecule has 0 radical (unpaired) electrons. The van der Waals surface area contributed by atoms with E-state index in [1.807, 2.05) is 0 Å². The zero-order chi connectivity index (χ0) is 15.6. The third kappa shape index (κ3) is 5.05. The third-order valence-electron chi connectivity index (χ3n) is 6.22. The maximum Gasteiger partial charge on any atom is 0.0121 e. The highest BCUT2D eigenvalue weighted by Gasteiger charge is 2.33. The summed E-state index contributed by atoms with van der Waals surface area (Å²) in [6.45, 7) is 18.6. The van der Waals surface area contributed by atoms with Crippen molar-refractivity contribution in [3.8, 4) is 0 Å². The standard InChI is InChI=1S/C18H36N4.ClH/c1-16(2)21-8-4-17(5-9-21)22-12-10-20(11-13-22)15-18(3)6-7-19-14-18;/h16-17,19H,4-15H2,1-3H3;1H. The summed E-state index contributed by atoms with van der Waals surface area (Å²) in [7, 11) is 0. The minimum Gasteiger partial charge on any atom is -0.316 e. The molecular formula is C18H37ClN4. The first-order valence-corrected chi connectivity index (χ1v) is 9.47. The van der Waals surface area contributed by atoms with Crippen LogP contribution in [0.25, 0.3) is 0 Å². The second-order valence-corrected chi connectivity index (χ2v) is 8.41. The van der Waals surface area contributed by atoms with Gasteiger partial charge in [0, 0.05) is 51.4 Å². The van der Waals surface area contributed by atoms with Crippen LogP contribution in [0.3, 0.4) is 0 Å². The molecule has 3 aliphatic rings. The number of hydrogen-bond acceptors (Lipinski definition) is 4. The van der Waals surface area contributed by atoms with Crippen molar-refractivity contribution in [1.82, 2.24) is 20.0 Å². The summed E-state index contributed by atoms with van der Waals surface area (Å²) in [6.07, 6.45) is 4.10. The van der Waals surface area contributed by atoms with Gasteiger partial charge in [-0.1, -0.05) is 6.92 Å². The Balaban J connectivity index is 0.00000192. The van der Waals surface area contributed by atoms with Gasteiger partial charge in [-0.3, -0.25) is 4.90 Å². The number of hydrogen-bond donors (Lipinski definition) is 1. The molecule has 0 saturated carbocycles. The lowest BCUT2D eigenvalue weighted by Gasteiger charge is -2.44. The first-order chi connectivity index (χ1) is 10.6. The summed E-state index contributed by atoms with van der Waals surface area (Å²) in [5.41, 5.74) is 0.519. The Morgan fingerprint density at radius 1 is 1.04 bits per heavy atom. The van der Waals surface area contributed by atoms with Crippen LogP contribution in [0.2, 0.25) is 0 Å². The molecular weight excluding hydrogens is 308 g/mol. The predicted molar refractivity (Wildman–Crippen MR) is 101 cm³/mol. The van der Waals surface area contributed by atoms with Crippen molar-refractivity contribution in [2.75, 3.05) is 58.9 Å². The van der Waals surface area contributed by atoms with Gasteiger partial charge in [-0.05, 0) is 58.2 Å². The molecule has 0 aromatic heterocycles. The van der Waals surface area contributed by atoms with Crippen LogP contribution in [0.5, 0.6) is 0 Å². The zero-order valence-electron chi connectivity index (χ0n) is 15.4. The summed E-state index contributed by atoms with van der Waals surface area (Å²) in [5, 5.41) is 3.53. The molecule has 4 nitrogen and oxygen atoms in total. The first kappa shape index (κ1) is 19.5. The molecule has 0 aromatic rings. The van der Waals surface area contributed by atoms with Gasteiger partial charge in [0.25, 0.3) is 0 Å². The number of likely N-dealkylation sites (tertiary alicyclic amines) is 1. The monoisotopic (exact) mass is 344 g/mol. The molecule has 1 atom stereocenters. The lowest BCUT2D eigenvalue weighted by molar-refractivity contribution is 0.0402. The minimum absolute atomic E-state index is 0. The van der Waals surface area contributed by atoms with Gasteiger partial charge in [0.1, 0.15) is 0 Å². The van der Waals surface area contributed by atoms with Gasteiger partial charge in [0.2, 0.25) is 0 Å². The van der Waals surface area contributed by atoms with Gasteiger partial charge >= 0.3 is 0 Å². The molecule has 1 unspecified atom stereocenters. The second kappa shape index (κ2) is 8.48. The molecule has 3 aliphatic heterocycles. The van der Waals surface area contributed by atoms with E-state index in [0.717, 1.165) is 12.1 Å². The number of piperazine rings is 1. The van der Waals surface area contributed by atoms with Gasteiger partial charge < -0.3 is 15.1 Å². The fraction of sp³-hybridized carbons (Fsp3) is 1.00. The molecule has 3 heterocycles. The van der Waals surface area contributed by atoms with E-state index in [1.165, 1.54) is 78.2 Å². The van der Waals surface area contributed by atoms with E-state index >= 15 is 0 Å². The van der Waals surface area contributed by atoms with Crippen LogP contribution in [0.1, 0.15) is 40.0 Å². The van der Waals surface area contributed by atoms with E-state index in [9.17, 15) is 0 Å². The molecule has 0 aromatic carbocycles. The van der Waals surface area contributed by atoms with Crippen molar-refractivity contribution in [1.29, 1.82) is 0 Å². The van der Waals surface area contributed by atoms with Gasteiger partial charge in [0.05, 0.1) is 0 Å². The van der Waals surface area contributed by atoms with Gasteiger partial charge in [-0.15, -0.1) is 12.4 Å². The average Bonchev–Trinajstić information content (AvgIpc) is 2.94. The summed E-state index contributed by atoms with van der Waals surface area (Å²) < 4.78 is 0. The van der Waals surface area contributed by atoms with Gasteiger partial charge in [-0.2, -0.15) is 0 Å². The van der Waals surface area contributed by atoms with Gasteiger partial charge in [0.15, 0.2) is 0 Å². The first-order valence-electron chi connectivity index (χ1n) is 9.47. The molecule has 1 N–H and O–H groups in total. The van der Waals surface area contributed by atoms with Crippen molar-refractivity contribution < 1.29 is 0 Å². The summed E-state index contributed by atoms with van der Waals surface area (Å²) >= 11 is 0. The maximum absolute atomic E-state index is 3.53. The summed E-state index contributed by atoms with van der Waals surface area (Å²) in [4.78, 5) is 8.14. The SMILES string of the molecule is CC(C)N1CCC(N2CCN(CC3(C)CCNC3)CC2)CC1.Cl. The average molecular weight is 345 g/mol. The predicted octanol–water partition coefficient (Wildman–Crippen LogP) is 1.90. The van der Waals surface area contributed by atoms with Crippen LogP contribution in [-0.4, -0.2) is 85.7 Å². The van der Waals surface area contributed by atoms with Crippen molar-refractivity contribution >= 4 is 12.4 Å². The van der Waals surface area contributed by atoms with E-state index in [0.29, 0.717) is 5.41 Å². The second-order valence-electron chi connectivity index (χ2n) is 8.41. The van der Waals surface area contributed by atoms with Crippen LogP contribution in [0.4, 0.5) is 0 Å². The quantitative estimate of drug-likeness (QED) is 0.840. The Morgan fingerprint density at radius 3 is 2.22 bits per heavy atom. The van der Waals surface area contributed by atoms with Crippen LogP contribution in [0, 0.1) is 5.41 Å². The fourth-order valence-electron chi connectivity index (χ4n) is 4.60. The molecule has 0 aliphatic carbocycles. The maximum atomic E-state index is 3.53. The lowest BCUT2D eigenvalue weighted by atomic mass is 9.89. The highest BCUT2D eigenvalue weighted by atomic mass is 35.5. The van der Waals surface area contributed by atoms with Crippen LogP contribution < -0.4 is 5.32 Å². The number of nitrogens with zero attached hydrogens (tertiary/aromatic N) is 3. The molecule has 0 bridgehead atoms. The Kier molecular flexibility index (Phi) is 7.17. The molecule has 3 fully saturated rings. The summed E-state index contributed by atoms with van der Waals surface area (Å²) in [5.74, 6) is 0.